The molecule has 0 aliphatic rings. The number of carbonyl (C=O) groups excluding carboxylic acids is 1. The molecule has 3 heteroatoms. The fourth-order valence-corrected chi connectivity index (χ4v) is 2.49. The molecule has 82 valence electrons. The Morgan fingerprint density at radius 1 is 1.40 bits per heavy atom. The average molecular weight is 224 g/mol. The monoisotopic (exact) mass is 224 g/mol. The Bertz CT molecular complexity index is 298. The van der Waals surface area contributed by atoms with Crippen LogP contribution in [-0.4, -0.2) is 23.2 Å². The summed E-state index contributed by atoms with van der Waals surface area (Å²) in [7, 11) is 0. The first-order chi connectivity index (χ1) is 7.24. The number of hydrogen-bond donors (Lipinski definition) is 1. The van der Waals surface area contributed by atoms with Gasteiger partial charge in [0.15, 0.2) is 0 Å². The first-order valence-corrected chi connectivity index (χ1v) is 6.05. The number of aliphatic hydroxyl groups excluding tert-OH is 1. The zero-order valence-electron chi connectivity index (χ0n) is 8.85. The molecule has 0 radical (unpaired) electrons. The molecule has 1 N–H and O–H groups in total. The van der Waals surface area contributed by atoms with E-state index in [1.54, 1.807) is 18.7 Å². The van der Waals surface area contributed by atoms with Crippen LogP contribution in [0.25, 0.3) is 0 Å². The highest BCUT2D eigenvalue weighted by Gasteiger charge is 2.13. The van der Waals surface area contributed by atoms with Crippen LogP contribution in [0.5, 0.6) is 0 Å². The minimum absolute atomic E-state index is 0.159. The fourth-order valence-electron chi connectivity index (χ4n) is 1.40. The van der Waals surface area contributed by atoms with Gasteiger partial charge in [-0.2, -0.15) is 11.8 Å². The van der Waals surface area contributed by atoms with Gasteiger partial charge in [0.05, 0.1) is 6.61 Å². The van der Waals surface area contributed by atoms with E-state index >= 15 is 0 Å². The molecule has 1 aromatic carbocycles. The van der Waals surface area contributed by atoms with Crippen LogP contribution < -0.4 is 0 Å². The van der Waals surface area contributed by atoms with E-state index in [1.165, 1.54) is 0 Å². The van der Waals surface area contributed by atoms with Crippen LogP contribution in [-0.2, 0) is 4.79 Å². The van der Waals surface area contributed by atoms with E-state index < -0.39 is 0 Å². The van der Waals surface area contributed by atoms with E-state index in [9.17, 15) is 4.79 Å². The van der Waals surface area contributed by atoms with Gasteiger partial charge >= 0.3 is 0 Å². The number of ketones is 1. The molecule has 0 aliphatic heterocycles. The molecule has 0 aromatic heterocycles. The minimum Gasteiger partial charge on any atom is -0.396 e. The highest BCUT2D eigenvalue weighted by Crippen LogP contribution is 2.31. The molecule has 0 heterocycles. The van der Waals surface area contributed by atoms with Gasteiger partial charge in [0, 0.05) is 17.4 Å². The number of rotatable bonds is 6. The van der Waals surface area contributed by atoms with Gasteiger partial charge in [-0.15, -0.1) is 0 Å². The van der Waals surface area contributed by atoms with Crippen molar-refractivity contribution in [3.05, 3.63) is 35.9 Å². The summed E-state index contributed by atoms with van der Waals surface area (Å²) >= 11 is 1.63. The van der Waals surface area contributed by atoms with Gasteiger partial charge in [-0.05, 0) is 12.5 Å². The lowest BCUT2D eigenvalue weighted by Crippen LogP contribution is -2.02. The van der Waals surface area contributed by atoms with E-state index in [1.807, 2.05) is 30.3 Å². The SMILES string of the molecule is CC(=O)CC(SCCO)c1ccccc1. The molecular weight excluding hydrogens is 208 g/mol. The molecule has 0 saturated heterocycles. The normalized spacial score (nSPS) is 12.4. The summed E-state index contributed by atoms with van der Waals surface area (Å²) < 4.78 is 0. The molecule has 15 heavy (non-hydrogen) atoms. The predicted molar refractivity (Wildman–Crippen MR) is 64.0 cm³/mol. The number of thioether (sulfide) groups is 1. The van der Waals surface area contributed by atoms with Gasteiger partial charge in [0.25, 0.3) is 0 Å². The summed E-state index contributed by atoms with van der Waals surface area (Å²) in [4.78, 5) is 11.1. The first kappa shape index (κ1) is 12.3. The highest BCUT2D eigenvalue weighted by atomic mass is 32.2. The first-order valence-electron chi connectivity index (χ1n) is 5.01. The zero-order valence-corrected chi connectivity index (χ0v) is 9.67. The summed E-state index contributed by atoms with van der Waals surface area (Å²) in [5.74, 6) is 0.863. The number of carbonyl (C=O) groups is 1. The van der Waals surface area contributed by atoms with Crippen molar-refractivity contribution < 1.29 is 9.90 Å². The minimum atomic E-state index is 0.159. The number of Topliss-reactive ketones (excluding diaryl/α,β-unsaturated/α-hetero) is 1. The lowest BCUT2D eigenvalue weighted by Gasteiger charge is -2.14. The highest BCUT2D eigenvalue weighted by molar-refractivity contribution is 7.99. The van der Waals surface area contributed by atoms with Gasteiger partial charge in [-0.25, -0.2) is 0 Å². The molecule has 2 nitrogen and oxygen atoms in total. The Kier molecular flexibility index (Phi) is 5.43. The van der Waals surface area contributed by atoms with Crippen LogP contribution in [0, 0.1) is 0 Å². The van der Waals surface area contributed by atoms with E-state index in [2.05, 4.69) is 0 Å². The smallest absolute Gasteiger partial charge is 0.131 e. The Morgan fingerprint density at radius 3 is 2.60 bits per heavy atom. The molecule has 1 unspecified atom stereocenters. The van der Waals surface area contributed by atoms with Crippen molar-refractivity contribution in [1.82, 2.24) is 0 Å². The molecule has 0 saturated carbocycles. The maximum atomic E-state index is 11.1. The third-order valence-corrected chi connectivity index (χ3v) is 3.31. The number of aliphatic hydroxyl groups is 1. The van der Waals surface area contributed by atoms with Gasteiger partial charge < -0.3 is 5.11 Å². The molecule has 1 rings (SSSR count). The maximum Gasteiger partial charge on any atom is 0.131 e. The summed E-state index contributed by atoms with van der Waals surface area (Å²) in [6.07, 6.45) is 0.536. The van der Waals surface area contributed by atoms with Crippen molar-refractivity contribution in [3.8, 4) is 0 Å². The predicted octanol–water partition coefficient (Wildman–Crippen LogP) is 2.43. The molecule has 0 bridgehead atoms. The second kappa shape index (κ2) is 6.64. The maximum absolute atomic E-state index is 11.1. The second-order valence-corrected chi connectivity index (χ2v) is 4.71. The largest absolute Gasteiger partial charge is 0.396 e. The van der Waals surface area contributed by atoms with Crippen LogP contribution in [0.4, 0.5) is 0 Å². The van der Waals surface area contributed by atoms with Crippen LogP contribution in [0.3, 0.4) is 0 Å². The topological polar surface area (TPSA) is 37.3 Å². The van der Waals surface area contributed by atoms with E-state index in [4.69, 9.17) is 5.11 Å². The second-order valence-electron chi connectivity index (χ2n) is 3.40. The van der Waals surface area contributed by atoms with Crippen molar-refractivity contribution in [2.45, 2.75) is 18.6 Å². The fraction of sp³-hybridized carbons (Fsp3) is 0.417. The third-order valence-electron chi connectivity index (χ3n) is 2.05. The van der Waals surface area contributed by atoms with Gasteiger partial charge in [-0.3, -0.25) is 4.79 Å². The standard InChI is InChI=1S/C12H16O2S/c1-10(14)9-12(15-8-7-13)11-5-3-2-4-6-11/h2-6,12-13H,7-9H2,1H3. The van der Waals surface area contributed by atoms with Crippen LogP contribution >= 0.6 is 11.8 Å². The average Bonchev–Trinajstić information content (AvgIpc) is 2.25. The lowest BCUT2D eigenvalue weighted by atomic mass is 10.1. The Morgan fingerprint density at radius 2 is 2.07 bits per heavy atom. The Labute approximate surface area is 94.7 Å². The molecule has 1 aromatic rings. The van der Waals surface area contributed by atoms with Crippen molar-refractivity contribution in [2.24, 2.45) is 0 Å². The van der Waals surface area contributed by atoms with Gasteiger partial charge in [0.1, 0.15) is 5.78 Å². The van der Waals surface area contributed by atoms with E-state index in [0.717, 1.165) is 5.56 Å². The van der Waals surface area contributed by atoms with Crippen molar-refractivity contribution in [3.63, 3.8) is 0 Å². The molecule has 0 aliphatic carbocycles. The van der Waals surface area contributed by atoms with Crippen molar-refractivity contribution >= 4 is 17.5 Å². The Hall–Kier alpha value is -0.800. The summed E-state index contributed by atoms with van der Waals surface area (Å²) in [5.41, 5.74) is 1.16. The van der Waals surface area contributed by atoms with Crippen LogP contribution in [0.15, 0.2) is 30.3 Å². The molecule has 0 amide bonds. The van der Waals surface area contributed by atoms with Gasteiger partial charge in [0.2, 0.25) is 0 Å². The lowest BCUT2D eigenvalue weighted by molar-refractivity contribution is -0.117. The van der Waals surface area contributed by atoms with Crippen molar-refractivity contribution in [2.75, 3.05) is 12.4 Å². The summed E-state index contributed by atoms with van der Waals surface area (Å²) in [5, 5.41) is 8.97. The molecule has 0 spiro atoms. The van der Waals surface area contributed by atoms with Crippen LogP contribution in [0.1, 0.15) is 24.2 Å². The zero-order chi connectivity index (χ0) is 11.1. The molecule has 0 fully saturated rings. The number of benzene rings is 1. The van der Waals surface area contributed by atoms with Gasteiger partial charge in [-0.1, -0.05) is 30.3 Å². The molecule has 1 atom stereocenters. The Balaban J connectivity index is 2.67. The van der Waals surface area contributed by atoms with E-state index in [-0.39, 0.29) is 17.6 Å². The number of hydrogen-bond acceptors (Lipinski definition) is 3. The van der Waals surface area contributed by atoms with Crippen LogP contribution in [0.2, 0.25) is 0 Å². The quantitative estimate of drug-likeness (QED) is 0.806. The third kappa shape index (κ3) is 4.49. The summed E-state index contributed by atoms with van der Waals surface area (Å²) in [6, 6.07) is 9.96. The van der Waals surface area contributed by atoms with E-state index in [0.29, 0.717) is 12.2 Å². The molecular formula is C12H16O2S. The van der Waals surface area contributed by atoms with Crippen molar-refractivity contribution in [1.29, 1.82) is 0 Å². The summed E-state index contributed by atoms with van der Waals surface area (Å²) in [6.45, 7) is 1.77.